The molecule has 0 aliphatic carbocycles. The molecule has 0 aliphatic rings. The van der Waals surface area contributed by atoms with Crippen molar-refractivity contribution in [2.24, 2.45) is 7.05 Å². The van der Waals surface area contributed by atoms with Crippen molar-refractivity contribution in [3.63, 3.8) is 0 Å². The van der Waals surface area contributed by atoms with Crippen LogP contribution in [0.3, 0.4) is 0 Å². The molecule has 0 unspecified atom stereocenters. The predicted molar refractivity (Wildman–Crippen MR) is 117 cm³/mol. The molecule has 9 heteroatoms. The average molecular weight is 430 g/mol. The van der Waals surface area contributed by atoms with Crippen LogP contribution in [0.5, 0.6) is 0 Å². The first-order valence-electron chi connectivity index (χ1n) is 9.93. The molecule has 0 spiro atoms. The molecule has 8 nitrogen and oxygen atoms in total. The van der Waals surface area contributed by atoms with Gasteiger partial charge in [0, 0.05) is 43.7 Å². The van der Waals surface area contributed by atoms with Crippen LogP contribution in [0.1, 0.15) is 24.6 Å². The average Bonchev–Trinajstić information content (AvgIpc) is 3.23. The maximum Gasteiger partial charge on any atom is 0.332 e. The topological polar surface area (TPSA) is 75.5 Å². The van der Waals surface area contributed by atoms with E-state index in [1.807, 2.05) is 42.8 Å². The molecule has 0 radical (unpaired) electrons. The lowest BCUT2D eigenvalue weighted by Crippen LogP contribution is -2.39. The van der Waals surface area contributed by atoms with Crippen LogP contribution in [0.2, 0.25) is 5.02 Å². The minimum atomic E-state index is -0.423. The van der Waals surface area contributed by atoms with Gasteiger partial charge in [-0.1, -0.05) is 29.8 Å². The lowest BCUT2D eigenvalue weighted by molar-refractivity contribution is 0.142. The van der Waals surface area contributed by atoms with Gasteiger partial charge in [-0.2, -0.15) is 4.98 Å². The molecule has 30 heavy (non-hydrogen) atoms. The van der Waals surface area contributed by atoms with Crippen molar-refractivity contribution in [3.8, 4) is 0 Å². The first kappa shape index (κ1) is 20.4. The van der Waals surface area contributed by atoms with Crippen LogP contribution >= 0.6 is 11.6 Å². The fourth-order valence-corrected chi connectivity index (χ4v) is 3.93. The van der Waals surface area contributed by atoms with Crippen molar-refractivity contribution in [2.45, 2.75) is 33.4 Å². The molecule has 1 aromatic carbocycles. The van der Waals surface area contributed by atoms with Gasteiger partial charge in [0.05, 0.1) is 6.54 Å². The van der Waals surface area contributed by atoms with Crippen LogP contribution in [-0.4, -0.2) is 36.3 Å². The van der Waals surface area contributed by atoms with Crippen molar-refractivity contribution in [1.82, 2.24) is 23.1 Å². The summed E-state index contributed by atoms with van der Waals surface area (Å²) < 4.78 is 11.9. The summed E-state index contributed by atoms with van der Waals surface area (Å²) in [5.74, 6) is 0.640. The second-order valence-corrected chi connectivity index (χ2v) is 7.66. The van der Waals surface area contributed by atoms with Gasteiger partial charge in [0.25, 0.3) is 5.56 Å². The number of hydrogen-bond donors (Lipinski definition) is 0. The fraction of sp³-hybridized carbons (Fsp3) is 0.381. The number of imidazole rings is 2. The lowest BCUT2D eigenvalue weighted by atomic mass is 10.2. The molecular weight excluding hydrogens is 406 g/mol. The highest BCUT2D eigenvalue weighted by atomic mass is 35.5. The molecule has 0 bridgehead atoms. The van der Waals surface area contributed by atoms with Gasteiger partial charge >= 0.3 is 5.69 Å². The molecule has 0 amide bonds. The molecule has 4 aromatic rings. The van der Waals surface area contributed by atoms with E-state index >= 15 is 0 Å². The highest BCUT2D eigenvalue weighted by molar-refractivity contribution is 6.31. The standard InChI is InChI=1S/C21H24ClN5O3/c1-4-30-11-7-10-25-14(2)12-26-17-18(23-20(25)26)24(3)21(29)27(19(17)28)13-15-8-5-6-9-16(15)22/h5-6,8-9,12H,4,7,10-11,13H2,1-3H3. The predicted octanol–water partition coefficient (Wildman–Crippen LogP) is 2.59. The van der Waals surface area contributed by atoms with Gasteiger partial charge in [0.1, 0.15) is 0 Å². The molecular formula is C21H24ClN5O3. The monoisotopic (exact) mass is 429 g/mol. The van der Waals surface area contributed by atoms with Crippen LogP contribution in [0, 0.1) is 6.92 Å². The third-order valence-electron chi connectivity index (χ3n) is 5.30. The summed E-state index contributed by atoms with van der Waals surface area (Å²) in [6.07, 6.45) is 2.72. The third kappa shape index (κ3) is 3.36. The summed E-state index contributed by atoms with van der Waals surface area (Å²) in [5, 5.41) is 0.515. The normalized spacial score (nSPS) is 11.7. The maximum atomic E-state index is 13.3. The van der Waals surface area contributed by atoms with Gasteiger partial charge in [0.15, 0.2) is 11.2 Å². The van der Waals surface area contributed by atoms with Gasteiger partial charge in [0.2, 0.25) is 5.78 Å². The van der Waals surface area contributed by atoms with Crippen molar-refractivity contribution < 1.29 is 4.74 Å². The van der Waals surface area contributed by atoms with E-state index < -0.39 is 5.69 Å². The number of aryl methyl sites for hydroxylation is 3. The Balaban J connectivity index is 1.87. The molecule has 0 aliphatic heterocycles. The second kappa shape index (κ2) is 8.12. The Bertz CT molecular complexity index is 1340. The smallest absolute Gasteiger partial charge is 0.332 e. The van der Waals surface area contributed by atoms with E-state index in [2.05, 4.69) is 4.98 Å². The van der Waals surface area contributed by atoms with Crippen molar-refractivity contribution in [2.75, 3.05) is 13.2 Å². The Morgan fingerprint density at radius 3 is 2.67 bits per heavy atom. The summed E-state index contributed by atoms with van der Waals surface area (Å²) in [4.78, 5) is 30.9. The van der Waals surface area contributed by atoms with Gasteiger partial charge in [-0.3, -0.25) is 18.3 Å². The van der Waals surface area contributed by atoms with E-state index in [1.54, 1.807) is 17.5 Å². The van der Waals surface area contributed by atoms with E-state index in [1.165, 1.54) is 9.13 Å². The number of ether oxygens (including phenoxy) is 1. The zero-order chi connectivity index (χ0) is 21.4. The van der Waals surface area contributed by atoms with E-state index in [9.17, 15) is 9.59 Å². The zero-order valence-corrected chi connectivity index (χ0v) is 18.0. The summed E-state index contributed by atoms with van der Waals surface area (Å²) >= 11 is 6.25. The summed E-state index contributed by atoms with van der Waals surface area (Å²) in [5.41, 5.74) is 1.64. The Morgan fingerprint density at radius 1 is 1.17 bits per heavy atom. The maximum absolute atomic E-state index is 13.3. The van der Waals surface area contributed by atoms with Crippen molar-refractivity contribution in [3.05, 3.63) is 67.6 Å². The van der Waals surface area contributed by atoms with E-state index in [0.29, 0.717) is 47.3 Å². The SMILES string of the molecule is CCOCCCn1c(C)cn2c3c(=O)n(Cc4ccccc4Cl)c(=O)n(C)c3nc12. The molecule has 4 rings (SSSR count). The van der Waals surface area contributed by atoms with E-state index in [4.69, 9.17) is 16.3 Å². The van der Waals surface area contributed by atoms with E-state index in [-0.39, 0.29) is 12.1 Å². The summed E-state index contributed by atoms with van der Waals surface area (Å²) in [7, 11) is 1.63. The minimum absolute atomic E-state index is 0.0996. The minimum Gasteiger partial charge on any atom is -0.382 e. The number of fused-ring (bicyclic) bond motifs is 3. The van der Waals surface area contributed by atoms with Gasteiger partial charge in [-0.15, -0.1) is 0 Å². The lowest BCUT2D eigenvalue weighted by Gasteiger charge is -2.09. The zero-order valence-electron chi connectivity index (χ0n) is 17.3. The van der Waals surface area contributed by atoms with Gasteiger partial charge in [-0.25, -0.2) is 4.79 Å². The summed E-state index contributed by atoms with van der Waals surface area (Å²) in [6.45, 7) is 6.10. The van der Waals surface area contributed by atoms with Crippen molar-refractivity contribution >= 4 is 28.5 Å². The first-order valence-corrected chi connectivity index (χ1v) is 10.3. The first-order chi connectivity index (χ1) is 14.4. The Kier molecular flexibility index (Phi) is 5.53. The Morgan fingerprint density at radius 2 is 1.93 bits per heavy atom. The molecule has 158 valence electrons. The number of aromatic nitrogens is 5. The molecule has 0 saturated carbocycles. The molecule has 3 heterocycles. The molecule has 0 fully saturated rings. The van der Waals surface area contributed by atoms with Crippen LogP contribution in [0.25, 0.3) is 16.9 Å². The molecule has 0 saturated heterocycles. The number of hydrogen-bond acceptors (Lipinski definition) is 4. The third-order valence-corrected chi connectivity index (χ3v) is 5.67. The van der Waals surface area contributed by atoms with Crippen molar-refractivity contribution in [1.29, 1.82) is 0 Å². The quantitative estimate of drug-likeness (QED) is 0.423. The number of rotatable bonds is 7. The van der Waals surface area contributed by atoms with Crippen LogP contribution in [-0.2, 0) is 24.9 Å². The highest BCUT2D eigenvalue weighted by Crippen LogP contribution is 2.18. The van der Waals surface area contributed by atoms with Crippen LogP contribution in [0.4, 0.5) is 0 Å². The number of benzene rings is 1. The summed E-state index contributed by atoms with van der Waals surface area (Å²) in [6, 6.07) is 7.20. The Hall–Kier alpha value is -2.84. The van der Waals surface area contributed by atoms with Crippen LogP contribution < -0.4 is 11.2 Å². The molecule has 3 aromatic heterocycles. The highest BCUT2D eigenvalue weighted by Gasteiger charge is 2.20. The van der Waals surface area contributed by atoms with Gasteiger partial charge in [-0.05, 0) is 31.9 Å². The largest absolute Gasteiger partial charge is 0.382 e. The Labute approximate surface area is 177 Å². The molecule has 0 atom stereocenters. The van der Waals surface area contributed by atoms with Gasteiger partial charge < -0.3 is 9.30 Å². The number of nitrogens with zero attached hydrogens (tertiary/aromatic N) is 5. The fourth-order valence-electron chi connectivity index (χ4n) is 3.74. The second-order valence-electron chi connectivity index (χ2n) is 7.25. The molecule has 0 N–H and O–H groups in total. The van der Waals surface area contributed by atoms with Crippen LogP contribution in [0.15, 0.2) is 40.1 Å². The number of halogens is 1. The van der Waals surface area contributed by atoms with E-state index in [0.717, 1.165) is 12.1 Å².